The lowest BCUT2D eigenvalue weighted by atomic mass is 10.3. The number of carbonyl (C=O) groups is 3. The average molecular weight is 391 g/mol. The second-order valence-corrected chi connectivity index (χ2v) is 6.80. The van der Waals surface area contributed by atoms with Crippen molar-refractivity contribution in [1.82, 2.24) is 15.5 Å². The zero-order chi connectivity index (χ0) is 19.4. The van der Waals surface area contributed by atoms with Crippen LogP contribution in [0.25, 0.3) is 0 Å². The molecule has 1 rings (SSSR count). The molecule has 1 saturated heterocycles. The van der Waals surface area contributed by atoms with Crippen LogP contribution in [0.15, 0.2) is 0 Å². The molecule has 0 saturated carbocycles. The number of hydrogen-bond donors (Lipinski definition) is 3. The highest BCUT2D eigenvalue weighted by Crippen LogP contribution is 2.26. The van der Waals surface area contributed by atoms with Crippen LogP contribution >= 0.6 is 11.8 Å². The predicted octanol–water partition coefficient (Wildman–Crippen LogP) is -1.06. The molecule has 0 aliphatic carbocycles. The van der Waals surface area contributed by atoms with E-state index in [0.29, 0.717) is 45.8 Å². The molecule has 0 aromatic carbocycles. The maximum absolute atomic E-state index is 11.8. The minimum atomic E-state index is -0.822. The predicted molar refractivity (Wildman–Crippen MR) is 97.6 cm³/mol. The summed E-state index contributed by atoms with van der Waals surface area (Å²) in [7, 11) is 1.58. The monoisotopic (exact) mass is 391 g/mol. The third kappa shape index (κ3) is 8.35. The molecule has 0 bridgehead atoms. The Hall–Kier alpha value is -1.36. The van der Waals surface area contributed by atoms with Crippen LogP contribution < -0.4 is 10.6 Å². The molecule has 3 amide bonds. The first-order chi connectivity index (χ1) is 12.5. The van der Waals surface area contributed by atoms with Crippen molar-refractivity contribution < 1.29 is 29.0 Å². The first-order valence-corrected chi connectivity index (χ1v) is 9.91. The van der Waals surface area contributed by atoms with Crippen LogP contribution in [0, 0.1) is 0 Å². The molecule has 0 spiro atoms. The van der Waals surface area contributed by atoms with E-state index in [4.69, 9.17) is 9.47 Å². The minimum absolute atomic E-state index is 0.0688. The van der Waals surface area contributed by atoms with Crippen molar-refractivity contribution in [2.24, 2.45) is 0 Å². The topological polar surface area (TPSA) is 117 Å². The van der Waals surface area contributed by atoms with E-state index in [1.54, 1.807) is 7.05 Å². The first kappa shape index (κ1) is 22.7. The molecule has 9 nitrogen and oxygen atoms in total. The average Bonchev–Trinajstić information content (AvgIpc) is 2.91. The molecule has 10 heteroatoms. The molecule has 1 aliphatic rings. The molecule has 1 aliphatic heterocycles. The Kier molecular flexibility index (Phi) is 11.3. The summed E-state index contributed by atoms with van der Waals surface area (Å²) in [6.07, 6.45) is 1.80. The molecule has 3 N–H and O–H groups in total. The van der Waals surface area contributed by atoms with Crippen LogP contribution in [0.1, 0.15) is 19.3 Å². The molecule has 26 heavy (non-hydrogen) atoms. The molecule has 1 heterocycles. The van der Waals surface area contributed by atoms with Gasteiger partial charge in [-0.3, -0.25) is 14.4 Å². The maximum Gasteiger partial charge on any atom is 0.225 e. The van der Waals surface area contributed by atoms with E-state index < -0.39 is 6.23 Å². The number of amides is 3. The SMILES string of the molecule is CNC(=O)CCOCCOCCNC(=O)CCN1C(=O)CC(SC)C1O. The fourth-order valence-electron chi connectivity index (χ4n) is 2.39. The zero-order valence-electron chi connectivity index (χ0n) is 15.4. The quantitative estimate of drug-likeness (QED) is 0.343. The molecular weight excluding hydrogens is 362 g/mol. The summed E-state index contributed by atoms with van der Waals surface area (Å²) in [4.78, 5) is 35.9. The van der Waals surface area contributed by atoms with Gasteiger partial charge in [-0.15, -0.1) is 0 Å². The molecular formula is C16H29N3O6S. The molecule has 0 aromatic rings. The van der Waals surface area contributed by atoms with Gasteiger partial charge < -0.3 is 30.1 Å². The van der Waals surface area contributed by atoms with Crippen molar-refractivity contribution in [1.29, 1.82) is 0 Å². The van der Waals surface area contributed by atoms with Crippen molar-refractivity contribution in [3.8, 4) is 0 Å². The van der Waals surface area contributed by atoms with Gasteiger partial charge in [0.25, 0.3) is 0 Å². The summed E-state index contributed by atoms with van der Waals surface area (Å²) in [5.74, 6) is -0.381. The number of carbonyl (C=O) groups excluding carboxylic acids is 3. The molecule has 2 unspecified atom stereocenters. The fraction of sp³-hybridized carbons (Fsp3) is 0.812. The second-order valence-electron chi connectivity index (χ2n) is 5.73. The van der Waals surface area contributed by atoms with Crippen molar-refractivity contribution in [2.75, 3.05) is 52.8 Å². The lowest BCUT2D eigenvalue weighted by Gasteiger charge is -2.22. The van der Waals surface area contributed by atoms with Gasteiger partial charge in [-0.25, -0.2) is 0 Å². The Balaban J connectivity index is 1.99. The van der Waals surface area contributed by atoms with Gasteiger partial charge >= 0.3 is 0 Å². The first-order valence-electron chi connectivity index (χ1n) is 8.62. The summed E-state index contributed by atoms with van der Waals surface area (Å²) in [5.41, 5.74) is 0. The zero-order valence-corrected chi connectivity index (χ0v) is 16.2. The van der Waals surface area contributed by atoms with E-state index in [1.165, 1.54) is 16.7 Å². The Morgan fingerprint density at radius 3 is 2.50 bits per heavy atom. The van der Waals surface area contributed by atoms with Gasteiger partial charge in [-0.2, -0.15) is 11.8 Å². The third-order valence-electron chi connectivity index (χ3n) is 3.92. The summed E-state index contributed by atoms with van der Waals surface area (Å²) in [6.45, 7) is 2.04. The number of nitrogens with zero attached hydrogens (tertiary/aromatic N) is 1. The van der Waals surface area contributed by atoms with Gasteiger partial charge in [0.2, 0.25) is 17.7 Å². The summed E-state index contributed by atoms with van der Waals surface area (Å²) >= 11 is 1.45. The molecule has 1 fully saturated rings. The lowest BCUT2D eigenvalue weighted by Crippen LogP contribution is -2.39. The van der Waals surface area contributed by atoms with Crippen LogP contribution in [0.4, 0.5) is 0 Å². The smallest absolute Gasteiger partial charge is 0.225 e. The molecule has 0 aromatic heterocycles. The minimum Gasteiger partial charge on any atom is -0.379 e. The van der Waals surface area contributed by atoms with Crippen molar-refractivity contribution in [3.05, 3.63) is 0 Å². The van der Waals surface area contributed by atoms with Gasteiger partial charge in [0.05, 0.1) is 31.7 Å². The normalized spacial score (nSPS) is 19.7. The molecule has 2 atom stereocenters. The van der Waals surface area contributed by atoms with Crippen molar-refractivity contribution >= 4 is 29.5 Å². The number of aliphatic hydroxyl groups excluding tert-OH is 1. The number of aliphatic hydroxyl groups is 1. The van der Waals surface area contributed by atoms with E-state index in [9.17, 15) is 19.5 Å². The van der Waals surface area contributed by atoms with Gasteiger partial charge in [0.1, 0.15) is 6.23 Å². The highest BCUT2D eigenvalue weighted by Gasteiger charge is 2.37. The van der Waals surface area contributed by atoms with Gasteiger partial charge in [0.15, 0.2) is 0 Å². The maximum atomic E-state index is 11.8. The van der Waals surface area contributed by atoms with Gasteiger partial charge in [0, 0.05) is 39.4 Å². The van der Waals surface area contributed by atoms with Crippen molar-refractivity contribution in [2.45, 2.75) is 30.7 Å². The fourth-order valence-corrected chi connectivity index (χ4v) is 3.09. The van der Waals surface area contributed by atoms with E-state index in [0.717, 1.165) is 0 Å². The summed E-state index contributed by atoms with van der Waals surface area (Å²) < 4.78 is 10.5. The van der Waals surface area contributed by atoms with Crippen LogP contribution in [0.5, 0.6) is 0 Å². The number of ether oxygens (including phenoxy) is 2. The van der Waals surface area contributed by atoms with Gasteiger partial charge in [-0.1, -0.05) is 0 Å². The van der Waals surface area contributed by atoms with E-state index in [1.807, 2.05) is 6.26 Å². The summed E-state index contributed by atoms with van der Waals surface area (Å²) in [6, 6.07) is 0. The molecule has 150 valence electrons. The Bertz CT molecular complexity index is 465. The van der Waals surface area contributed by atoms with Crippen LogP contribution in [0.2, 0.25) is 0 Å². The van der Waals surface area contributed by atoms with Crippen molar-refractivity contribution in [3.63, 3.8) is 0 Å². The Morgan fingerprint density at radius 1 is 1.19 bits per heavy atom. The second kappa shape index (κ2) is 12.9. The summed E-state index contributed by atoms with van der Waals surface area (Å²) in [5, 5.41) is 15.1. The van der Waals surface area contributed by atoms with Crippen LogP contribution in [-0.4, -0.2) is 92.0 Å². The highest BCUT2D eigenvalue weighted by molar-refractivity contribution is 7.99. The highest BCUT2D eigenvalue weighted by atomic mass is 32.2. The van der Waals surface area contributed by atoms with E-state index in [-0.39, 0.29) is 35.9 Å². The van der Waals surface area contributed by atoms with Crippen LogP contribution in [0.3, 0.4) is 0 Å². The number of hydrogen-bond acceptors (Lipinski definition) is 7. The van der Waals surface area contributed by atoms with E-state index >= 15 is 0 Å². The van der Waals surface area contributed by atoms with Crippen LogP contribution in [-0.2, 0) is 23.9 Å². The number of nitrogens with one attached hydrogen (secondary N) is 2. The van der Waals surface area contributed by atoms with E-state index in [2.05, 4.69) is 10.6 Å². The Labute approximate surface area is 158 Å². The number of thioether (sulfide) groups is 1. The lowest BCUT2D eigenvalue weighted by molar-refractivity contribution is -0.134. The number of rotatable bonds is 13. The Morgan fingerprint density at radius 2 is 1.88 bits per heavy atom. The largest absolute Gasteiger partial charge is 0.379 e. The third-order valence-corrected chi connectivity index (χ3v) is 4.94. The standard InChI is InChI=1S/C16H29N3O6S/c1-17-13(20)4-7-24-9-10-25-8-5-18-14(21)3-6-19-15(22)11-12(26-2)16(19)23/h12,16,23H,3-11H2,1-2H3,(H,17,20)(H,18,21). The molecule has 0 radical (unpaired) electrons. The van der Waals surface area contributed by atoms with Gasteiger partial charge in [-0.05, 0) is 6.26 Å². The number of likely N-dealkylation sites (tertiary alicyclic amines) is 1.